The van der Waals surface area contributed by atoms with Gasteiger partial charge in [-0.3, -0.25) is 9.59 Å². The lowest BCUT2D eigenvalue weighted by Gasteiger charge is -2.29. The standard InChI is InChI=1S/C20H16Cl2N2O3S/c21-14-7-4-8-15(16(14)22)24-19(25)17(23-9-11-27-12-10-23)18(20(24)26)28-13-5-2-1-3-6-13/h1-8H,9-12H2. The summed E-state index contributed by atoms with van der Waals surface area (Å²) in [4.78, 5) is 30.9. The van der Waals surface area contributed by atoms with Crippen LogP contribution in [0.25, 0.3) is 0 Å². The van der Waals surface area contributed by atoms with Crippen LogP contribution in [-0.2, 0) is 14.3 Å². The smallest absolute Gasteiger partial charge is 0.283 e. The first-order valence-corrected chi connectivity index (χ1v) is 10.3. The number of halogens is 2. The fourth-order valence-corrected chi connectivity index (χ4v) is 4.55. The van der Waals surface area contributed by atoms with E-state index in [-0.39, 0.29) is 10.0 Å². The number of hydrogen-bond acceptors (Lipinski definition) is 5. The minimum absolute atomic E-state index is 0.179. The third kappa shape index (κ3) is 3.53. The molecule has 0 unspecified atom stereocenters. The van der Waals surface area contributed by atoms with Crippen LogP contribution in [0.3, 0.4) is 0 Å². The number of hydrogen-bond donors (Lipinski definition) is 0. The van der Waals surface area contributed by atoms with Crippen LogP contribution in [0.5, 0.6) is 0 Å². The number of imide groups is 1. The van der Waals surface area contributed by atoms with Gasteiger partial charge in [-0.1, -0.05) is 59.2 Å². The number of carbonyl (C=O) groups excluding carboxylic acids is 2. The van der Waals surface area contributed by atoms with Crippen molar-refractivity contribution in [1.82, 2.24) is 4.90 Å². The summed E-state index contributed by atoms with van der Waals surface area (Å²) >= 11 is 13.7. The van der Waals surface area contributed by atoms with Crippen molar-refractivity contribution in [3.63, 3.8) is 0 Å². The number of anilines is 1. The summed E-state index contributed by atoms with van der Waals surface area (Å²) in [5, 5.41) is 0.468. The van der Waals surface area contributed by atoms with Gasteiger partial charge in [-0.2, -0.15) is 0 Å². The highest BCUT2D eigenvalue weighted by atomic mass is 35.5. The Morgan fingerprint density at radius 1 is 0.893 bits per heavy atom. The molecule has 0 spiro atoms. The molecule has 8 heteroatoms. The molecule has 0 radical (unpaired) electrons. The topological polar surface area (TPSA) is 49.9 Å². The zero-order chi connectivity index (χ0) is 19.7. The number of nitrogens with zero attached hydrogens (tertiary/aromatic N) is 2. The van der Waals surface area contributed by atoms with Crippen LogP contribution in [0.4, 0.5) is 5.69 Å². The third-order valence-corrected chi connectivity index (χ3v) is 6.37. The van der Waals surface area contributed by atoms with Gasteiger partial charge in [-0.25, -0.2) is 4.90 Å². The second-order valence-corrected chi connectivity index (χ2v) is 8.08. The molecule has 1 fully saturated rings. The third-order valence-electron chi connectivity index (χ3n) is 4.48. The number of ether oxygens (including phenoxy) is 1. The predicted molar refractivity (Wildman–Crippen MR) is 111 cm³/mol. The van der Waals surface area contributed by atoms with Crippen molar-refractivity contribution in [2.75, 3.05) is 31.2 Å². The van der Waals surface area contributed by atoms with E-state index >= 15 is 0 Å². The van der Waals surface area contributed by atoms with Crippen LogP contribution in [0.1, 0.15) is 0 Å². The molecule has 2 amide bonds. The number of benzene rings is 2. The fraction of sp³-hybridized carbons (Fsp3) is 0.200. The molecule has 0 aromatic heterocycles. The molecule has 1 saturated heterocycles. The number of morpholine rings is 1. The number of amides is 2. The number of rotatable bonds is 4. The van der Waals surface area contributed by atoms with E-state index in [1.807, 2.05) is 35.2 Å². The zero-order valence-electron chi connectivity index (χ0n) is 14.7. The molecule has 5 nitrogen and oxygen atoms in total. The van der Waals surface area contributed by atoms with E-state index in [9.17, 15) is 9.59 Å². The van der Waals surface area contributed by atoms with Crippen LogP contribution >= 0.6 is 35.0 Å². The minimum atomic E-state index is -0.399. The van der Waals surface area contributed by atoms with E-state index in [1.165, 1.54) is 11.8 Å². The monoisotopic (exact) mass is 434 g/mol. The van der Waals surface area contributed by atoms with Gasteiger partial charge in [-0.05, 0) is 24.3 Å². The Morgan fingerprint density at radius 2 is 1.61 bits per heavy atom. The normalized spacial score (nSPS) is 17.6. The van der Waals surface area contributed by atoms with Gasteiger partial charge in [0.25, 0.3) is 11.8 Å². The highest BCUT2D eigenvalue weighted by Gasteiger charge is 2.43. The van der Waals surface area contributed by atoms with Gasteiger partial charge < -0.3 is 9.64 Å². The summed E-state index contributed by atoms with van der Waals surface area (Å²) in [7, 11) is 0. The summed E-state index contributed by atoms with van der Waals surface area (Å²) in [6, 6.07) is 14.4. The largest absolute Gasteiger partial charge is 0.378 e. The molecule has 2 aliphatic rings. The first kappa shape index (κ1) is 19.3. The van der Waals surface area contributed by atoms with E-state index in [0.717, 1.165) is 9.80 Å². The maximum atomic E-state index is 13.3. The zero-order valence-corrected chi connectivity index (χ0v) is 17.1. The molecule has 2 aliphatic heterocycles. The first-order chi connectivity index (χ1) is 13.6. The van der Waals surface area contributed by atoms with Crippen LogP contribution in [0, 0.1) is 0 Å². The van der Waals surface area contributed by atoms with Crippen molar-refractivity contribution in [2.45, 2.75) is 4.90 Å². The first-order valence-electron chi connectivity index (χ1n) is 8.70. The predicted octanol–water partition coefficient (Wildman–Crippen LogP) is 4.20. The van der Waals surface area contributed by atoms with Gasteiger partial charge in [0.15, 0.2) is 0 Å². The summed E-state index contributed by atoms with van der Waals surface area (Å²) in [6.45, 7) is 2.10. The van der Waals surface area contributed by atoms with Crippen LogP contribution in [0.2, 0.25) is 10.0 Å². The molecule has 28 heavy (non-hydrogen) atoms. The van der Waals surface area contributed by atoms with E-state index in [1.54, 1.807) is 18.2 Å². The number of carbonyl (C=O) groups is 2. The van der Waals surface area contributed by atoms with Crippen LogP contribution in [-0.4, -0.2) is 43.0 Å². The van der Waals surface area contributed by atoms with E-state index < -0.39 is 11.8 Å². The van der Waals surface area contributed by atoms with Gasteiger partial charge in [0.05, 0.1) is 28.9 Å². The Kier molecular flexibility index (Phi) is 5.64. The average molecular weight is 435 g/mol. The molecule has 0 saturated carbocycles. The molecular formula is C20H16Cl2N2O3S. The molecule has 0 atom stereocenters. The molecule has 0 N–H and O–H groups in total. The van der Waals surface area contributed by atoms with Gasteiger partial charge in [-0.15, -0.1) is 0 Å². The minimum Gasteiger partial charge on any atom is -0.378 e. The van der Waals surface area contributed by atoms with E-state index in [4.69, 9.17) is 27.9 Å². The average Bonchev–Trinajstić information content (AvgIpc) is 2.95. The van der Waals surface area contributed by atoms with Crippen molar-refractivity contribution in [3.05, 3.63) is 69.2 Å². The maximum Gasteiger partial charge on any atom is 0.283 e. The Labute approximate surface area is 176 Å². The lowest BCUT2D eigenvalue weighted by Crippen LogP contribution is -2.40. The summed E-state index contributed by atoms with van der Waals surface area (Å²) < 4.78 is 5.40. The van der Waals surface area contributed by atoms with Crippen molar-refractivity contribution in [1.29, 1.82) is 0 Å². The lowest BCUT2D eigenvalue weighted by molar-refractivity contribution is -0.121. The second-order valence-electron chi connectivity index (χ2n) is 6.21. The SMILES string of the molecule is O=C1C(Sc2ccccc2)=C(N2CCOCC2)C(=O)N1c1cccc(Cl)c1Cl. The Bertz CT molecular complexity index is 959. The maximum absolute atomic E-state index is 13.3. The molecule has 2 aromatic rings. The van der Waals surface area contributed by atoms with Crippen molar-refractivity contribution < 1.29 is 14.3 Å². The van der Waals surface area contributed by atoms with Crippen LogP contribution < -0.4 is 4.90 Å². The molecule has 0 bridgehead atoms. The highest BCUT2D eigenvalue weighted by molar-refractivity contribution is 8.04. The second kappa shape index (κ2) is 8.17. The Balaban J connectivity index is 1.77. The molecule has 0 aliphatic carbocycles. The van der Waals surface area contributed by atoms with Crippen LogP contribution in [0.15, 0.2) is 64.0 Å². The van der Waals surface area contributed by atoms with Gasteiger partial charge in [0.2, 0.25) is 0 Å². The van der Waals surface area contributed by atoms with Gasteiger partial charge in [0, 0.05) is 18.0 Å². The summed E-state index contributed by atoms with van der Waals surface area (Å²) in [5.41, 5.74) is 0.678. The van der Waals surface area contributed by atoms with E-state index in [2.05, 4.69) is 0 Å². The van der Waals surface area contributed by atoms with E-state index in [0.29, 0.717) is 42.6 Å². The van der Waals surface area contributed by atoms with Gasteiger partial charge in [0.1, 0.15) is 10.6 Å². The quantitative estimate of drug-likeness (QED) is 0.674. The van der Waals surface area contributed by atoms with Gasteiger partial charge >= 0.3 is 0 Å². The lowest BCUT2D eigenvalue weighted by atomic mass is 10.3. The van der Waals surface area contributed by atoms with Crippen molar-refractivity contribution in [2.24, 2.45) is 0 Å². The van der Waals surface area contributed by atoms with Crippen molar-refractivity contribution >= 4 is 52.5 Å². The number of thioether (sulfide) groups is 1. The highest BCUT2D eigenvalue weighted by Crippen LogP contribution is 2.42. The molecule has 4 rings (SSSR count). The van der Waals surface area contributed by atoms with Crippen molar-refractivity contribution in [3.8, 4) is 0 Å². The summed E-state index contributed by atoms with van der Waals surface area (Å²) in [5.74, 6) is -0.793. The molecule has 2 aromatic carbocycles. The Hall–Kier alpha value is -1.99. The summed E-state index contributed by atoms with van der Waals surface area (Å²) in [6.07, 6.45) is 0. The fourth-order valence-electron chi connectivity index (χ4n) is 3.15. The molecule has 2 heterocycles. The molecule has 144 valence electrons. The Morgan fingerprint density at radius 3 is 2.32 bits per heavy atom. The molecular weight excluding hydrogens is 419 g/mol.